The number of hydrogen-bond acceptors (Lipinski definition) is 7. The SMILES string of the molecule is CC(=O)Nc1ccc(OC(=O)CCc2nc(-c3ccco3)no2)cc1. The molecular weight excluding hydrogens is 326 g/mol. The third-order valence-corrected chi connectivity index (χ3v) is 3.16. The van der Waals surface area contributed by atoms with E-state index in [1.54, 1.807) is 36.4 Å². The Kier molecular flexibility index (Phi) is 4.89. The molecule has 1 N–H and O–H groups in total. The number of nitrogens with one attached hydrogen (secondary N) is 1. The Morgan fingerprint density at radius 1 is 1.20 bits per heavy atom. The molecule has 2 aromatic heterocycles. The van der Waals surface area contributed by atoms with Gasteiger partial charge in [0.15, 0.2) is 5.76 Å². The van der Waals surface area contributed by atoms with E-state index in [4.69, 9.17) is 13.7 Å². The zero-order valence-electron chi connectivity index (χ0n) is 13.4. The average molecular weight is 341 g/mol. The van der Waals surface area contributed by atoms with Crippen LogP contribution in [0.3, 0.4) is 0 Å². The van der Waals surface area contributed by atoms with Crippen LogP contribution >= 0.6 is 0 Å². The van der Waals surface area contributed by atoms with Crippen LogP contribution in [-0.4, -0.2) is 22.0 Å². The Morgan fingerprint density at radius 2 is 2.00 bits per heavy atom. The fourth-order valence-corrected chi connectivity index (χ4v) is 2.06. The highest BCUT2D eigenvalue weighted by molar-refractivity contribution is 5.88. The third-order valence-electron chi connectivity index (χ3n) is 3.16. The number of benzene rings is 1. The van der Waals surface area contributed by atoms with Gasteiger partial charge in [-0.3, -0.25) is 9.59 Å². The van der Waals surface area contributed by atoms with Crippen LogP contribution in [0.1, 0.15) is 19.2 Å². The number of ether oxygens (including phenoxy) is 1. The van der Waals surface area contributed by atoms with Gasteiger partial charge in [0.2, 0.25) is 17.6 Å². The van der Waals surface area contributed by atoms with Gasteiger partial charge in [-0.05, 0) is 36.4 Å². The predicted molar refractivity (Wildman–Crippen MR) is 86.7 cm³/mol. The predicted octanol–water partition coefficient (Wildman–Crippen LogP) is 2.83. The van der Waals surface area contributed by atoms with E-state index in [0.29, 0.717) is 28.9 Å². The number of rotatable bonds is 6. The summed E-state index contributed by atoms with van der Waals surface area (Å²) in [5, 5.41) is 6.42. The van der Waals surface area contributed by atoms with Gasteiger partial charge in [-0.2, -0.15) is 4.98 Å². The molecule has 0 aliphatic carbocycles. The molecule has 0 aliphatic heterocycles. The number of amides is 1. The second-order valence-corrected chi connectivity index (χ2v) is 5.17. The molecule has 25 heavy (non-hydrogen) atoms. The summed E-state index contributed by atoms with van der Waals surface area (Å²) in [4.78, 5) is 27.0. The van der Waals surface area contributed by atoms with Gasteiger partial charge in [0.25, 0.3) is 0 Å². The van der Waals surface area contributed by atoms with E-state index in [2.05, 4.69) is 15.5 Å². The number of anilines is 1. The molecule has 1 aromatic carbocycles. The second kappa shape index (κ2) is 7.43. The van der Waals surface area contributed by atoms with Crippen molar-refractivity contribution in [1.82, 2.24) is 10.1 Å². The van der Waals surface area contributed by atoms with E-state index in [9.17, 15) is 9.59 Å². The van der Waals surface area contributed by atoms with Crippen molar-refractivity contribution in [2.75, 3.05) is 5.32 Å². The monoisotopic (exact) mass is 341 g/mol. The summed E-state index contributed by atoms with van der Waals surface area (Å²) >= 11 is 0. The van der Waals surface area contributed by atoms with Crippen LogP contribution in [0.5, 0.6) is 5.75 Å². The molecule has 1 amide bonds. The molecule has 3 aromatic rings. The maximum Gasteiger partial charge on any atom is 0.311 e. The number of carbonyl (C=O) groups is 2. The maximum atomic E-state index is 11.9. The molecule has 0 radical (unpaired) electrons. The van der Waals surface area contributed by atoms with E-state index in [0.717, 1.165) is 0 Å². The molecule has 8 heteroatoms. The Morgan fingerprint density at radius 3 is 2.68 bits per heavy atom. The summed E-state index contributed by atoms with van der Waals surface area (Å²) in [6, 6.07) is 9.94. The van der Waals surface area contributed by atoms with E-state index in [1.165, 1.54) is 13.2 Å². The molecule has 0 atom stereocenters. The lowest BCUT2D eigenvalue weighted by Crippen LogP contribution is -2.09. The molecule has 0 saturated heterocycles. The number of hydrogen-bond donors (Lipinski definition) is 1. The van der Waals surface area contributed by atoms with Crippen molar-refractivity contribution in [3.05, 3.63) is 48.6 Å². The number of aryl methyl sites for hydroxylation is 1. The summed E-state index contributed by atoms with van der Waals surface area (Å²) < 4.78 is 15.5. The van der Waals surface area contributed by atoms with Crippen LogP contribution in [0.2, 0.25) is 0 Å². The molecule has 8 nitrogen and oxygen atoms in total. The van der Waals surface area contributed by atoms with E-state index in [1.807, 2.05) is 0 Å². The first-order valence-electron chi connectivity index (χ1n) is 7.55. The Bertz CT molecular complexity index is 853. The molecule has 2 heterocycles. The summed E-state index contributed by atoms with van der Waals surface area (Å²) in [6.07, 6.45) is 1.86. The number of carbonyl (C=O) groups excluding carboxylic acids is 2. The molecule has 0 bridgehead atoms. The van der Waals surface area contributed by atoms with Crippen molar-refractivity contribution in [3.63, 3.8) is 0 Å². The molecular formula is C17H15N3O5. The quantitative estimate of drug-likeness (QED) is 0.542. The Labute approximate surface area is 142 Å². The minimum atomic E-state index is -0.426. The smallest absolute Gasteiger partial charge is 0.311 e. The summed E-state index contributed by atoms with van der Waals surface area (Å²) in [5.74, 6) is 0.951. The first-order valence-corrected chi connectivity index (χ1v) is 7.55. The largest absolute Gasteiger partial charge is 0.461 e. The summed E-state index contributed by atoms with van der Waals surface area (Å²) in [7, 11) is 0. The third kappa shape index (κ3) is 4.54. The van der Waals surface area contributed by atoms with E-state index < -0.39 is 5.97 Å². The zero-order valence-corrected chi connectivity index (χ0v) is 13.4. The first-order chi connectivity index (χ1) is 12.1. The van der Waals surface area contributed by atoms with Crippen molar-refractivity contribution >= 4 is 17.6 Å². The number of furan rings is 1. The highest BCUT2D eigenvalue weighted by Gasteiger charge is 2.13. The Hall–Kier alpha value is -3.42. The van der Waals surface area contributed by atoms with Gasteiger partial charge < -0.3 is 19.0 Å². The second-order valence-electron chi connectivity index (χ2n) is 5.17. The van der Waals surface area contributed by atoms with Crippen LogP contribution in [0.15, 0.2) is 51.6 Å². The fourth-order valence-electron chi connectivity index (χ4n) is 2.06. The van der Waals surface area contributed by atoms with Gasteiger partial charge in [-0.25, -0.2) is 0 Å². The van der Waals surface area contributed by atoms with E-state index in [-0.39, 0.29) is 18.7 Å². The topological polar surface area (TPSA) is 107 Å². The standard InChI is InChI=1S/C17H15N3O5/c1-11(21)18-12-4-6-13(7-5-12)24-16(22)9-8-15-19-17(20-25-15)14-3-2-10-23-14/h2-7,10H,8-9H2,1H3,(H,18,21). The molecule has 0 unspecified atom stereocenters. The normalized spacial score (nSPS) is 10.4. The van der Waals surface area contributed by atoms with Gasteiger partial charge in [0.05, 0.1) is 12.7 Å². The lowest BCUT2D eigenvalue weighted by Gasteiger charge is -2.05. The highest BCUT2D eigenvalue weighted by Crippen LogP contribution is 2.18. The molecule has 0 aliphatic rings. The molecule has 0 spiro atoms. The van der Waals surface area contributed by atoms with Crippen molar-refractivity contribution in [2.24, 2.45) is 0 Å². The fraction of sp³-hybridized carbons (Fsp3) is 0.176. The van der Waals surface area contributed by atoms with Gasteiger partial charge in [0, 0.05) is 19.0 Å². The summed E-state index contributed by atoms with van der Waals surface area (Å²) in [5.41, 5.74) is 0.628. The maximum absolute atomic E-state index is 11.9. The van der Waals surface area contributed by atoms with Crippen LogP contribution < -0.4 is 10.1 Å². The van der Waals surface area contributed by atoms with Gasteiger partial charge in [-0.15, -0.1) is 0 Å². The van der Waals surface area contributed by atoms with Crippen LogP contribution in [-0.2, 0) is 16.0 Å². The van der Waals surface area contributed by atoms with Crippen molar-refractivity contribution in [2.45, 2.75) is 19.8 Å². The lowest BCUT2D eigenvalue weighted by atomic mass is 10.3. The van der Waals surface area contributed by atoms with Crippen LogP contribution in [0.4, 0.5) is 5.69 Å². The number of esters is 1. The Balaban J connectivity index is 1.50. The minimum absolute atomic E-state index is 0.0905. The first kappa shape index (κ1) is 16.4. The number of nitrogens with zero attached hydrogens (tertiary/aromatic N) is 2. The van der Waals surface area contributed by atoms with E-state index >= 15 is 0 Å². The lowest BCUT2D eigenvalue weighted by molar-refractivity contribution is -0.134. The van der Waals surface area contributed by atoms with Crippen LogP contribution in [0, 0.1) is 0 Å². The van der Waals surface area contributed by atoms with Gasteiger partial charge >= 0.3 is 5.97 Å². The zero-order chi connectivity index (χ0) is 17.6. The molecule has 3 rings (SSSR count). The minimum Gasteiger partial charge on any atom is -0.461 e. The van der Waals surface area contributed by atoms with Crippen molar-refractivity contribution in [1.29, 1.82) is 0 Å². The summed E-state index contributed by atoms with van der Waals surface area (Å²) in [6.45, 7) is 1.42. The van der Waals surface area contributed by atoms with Gasteiger partial charge in [0.1, 0.15) is 5.75 Å². The number of aromatic nitrogens is 2. The molecule has 128 valence electrons. The molecule has 0 saturated carbocycles. The van der Waals surface area contributed by atoms with Crippen molar-refractivity contribution < 1.29 is 23.3 Å². The molecule has 0 fully saturated rings. The average Bonchev–Trinajstić information content (AvgIpc) is 3.25. The highest BCUT2D eigenvalue weighted by atomic mass is 16.5. The van der Waals surface area contributed by atoms with Crippen molar-refractivity contribution in [3.8, 4) is 17.3 Å². The van der Waals surface area contributed by atoms with Crippen LogP contribution in [0.25, 0.3) is 11.6 Å². The van der Waals surface area contributed by atoms with Gasteiger partial charge in [-0.1, -0.05) is 5.16 Å².